The van der Waals surface area contributed by atoms with E-state index in [1.807, 2.05) is 0 Å². The van der Waals surface area contributed by atoms with Crippen molar-refractivity contribution >= 4 is 0 Å². The minimum atomic E-state index is -4.27. The van der Waals surface area contributed by atoms with Crippen molar-refractivity contribution < 1.29 is 13.2 Å². The Hall–Kier alpha value is -2.55. The number of hydrogen-bond donors (Lipinski definition) is 0. The van der Waals surface area contributed by atoms with E-state index in [9.17, 15) is 13.2 Å². The maximum absolute atomic E-state index is 12.8. The van der Waals surface area contributed by atoms with Crippen LogP contribution in [-0.2, 0) is 31.9 Å². The van der Waals surface area contributed by atoms with Crippen LogP contribution < -0.4 is 0 Å². The maximum atomic E-state index is 12.8. The van der Waals surface area contributed by atoms with E-state index in [1.165, 1.54) is 45.5 Å². The predicted octanol–water partition coefficient (Wildman–Crippen LogP) is 6.74. The molecule has 2 aliphatic rings. The molecule has 0 spiro atoms. The highest BCUT2D eigenvalue weighted by molar-refractivity contribution is 5.75. The summed E-state index contributed by atoms with van der Waals surface area (Å²) in [5.74, 6) is 0.295. The van der Waals surface area contributed by atoms with Crippen LogP contribution in [-0.4, -0.2) is 0 Å². The lowest BCUT2D eigenvalue weighted by Gasteiger charge is -2.30. The molecule has 1 atom stereocenters. The van der Waals surface area contributed by atoms with Crippen LogP contribution in [0.5, 0.6) is 0 Å². The molecule has 3 heteroatoms. The van der Waals surface area contributed by atoms with E-state index in [-0.39, 0.29) is 0 Å². The summed E-state index contributed by atoms with van der Waals surface area (Å²) < 4.78 is 38.5. The summed E-state index contributed by atoms with van der Waals surface area (Å²) in [5, 5.41) is 0. The molecule has 1 unspecified atom stereocenters. The van der Waals surface area contributed by atoms with Gasteiger partial charge < -0.3 is 0 Å². The van der Waals surface area contributed by atoms with Crippen LogP contribution in [0.25, 0.3) is 11.1 Å². The van der Waals surface area contributed by atoms with Crippen molar-refractivity contribution in [3.8, 4) is 11.1 Å². The molecule has 0 bridgehead atoms. The molecular formula is C25H21F3. The van der Waals surface area contributed by atoms with E-state index in [0.29, 0.717) is 5.92 Å². The van der Waals surface area contributed by atoms with Gasteiger partial charge in [-0.25, -0.2) is 0 Å². The lowest BCUT2D eigenvalue weighted by atomic mass is 9.74. The van der Waals surface area contributed by atoms with Crippen LogP contribution in [0.15, 0.2) is 60.7 Å². The standard InChI is InChI=1S/C25H21F3/c26-25(27,28)20-10-5-16(6-11-20)18-8-12-22-19(15-18)9-14-23-21-4-2-1-3-17(21)7-13-24(22)23/h1-6,9-11,14,18H,7-8,12-13,15H2. The largest absolute Gasteiger partial charge is 0.416 e. The minimum absolute atomic E-state index is 0.295. The Morgan fingerprint density at radius 2 is 1.46 bits per heavy atom. The first kappa shape index (κ1) is 17.5. The molecule has 0 saturated carbocycles. The highest BCUT2D eigenvalue weighted by atomic mass is 19.4. The Balaban J connectivity index is 1.45. The Morgan fingerprint density at radius 3 is 2.25 bits per heavy atom. The average molecular weight is 378 g/mol. The third-order valence-electron chi connectivity index (χ3n) is 6.40. The molecule has 3 aromatic rings. The highest BCUT2D eigenvalue weighted by Gasteiger charge is 2.31. The quantitative estimate of drug-likeness (QED) is 0.440. The summed E-state index contributed by atoms with van der Waals surface area (Å²) in [6, 6.07) is 18.9. The fourth-order valence-corrected chi connectivity index (χ4v) is 4.96. The molecule has 142 valence electrons. The van der Waals surface area contributed by atoms with Crippen molar-refractivity contribution in [1.82, 2.24) is 0 Å². The first-order chi connectivity index (χ1) is 13.5. The Labute approximate surface area is 163 Å². The van der Waals surface area contributed by atoms with Gasteiger partial charge in [0.2, 0.25) is 0 Å². The predicted molar refractivity (Wildman–Crippen MR) is 105 cm³/mol. The third kappa shape index (κ3) is 2.94. The van der Waals surface area contributed by atoms with Gasteiger partial charge >= 0.3 is 6.18 Å². The van der Waals surface area contributed by atoms with Gasteiger partial charge in [-0.1, -0.05) is 48.5 Å². The molecule has 5 rings (SSSR count). The Morgan fingerprint density at radius 1 is 0.679 bits per heavy atom. The number of halogens is 3. The second-order valence-electron chi connectivity index (χ2n) is 7.95. The second-order valence-corrected chi connectivity index (χ2v) is 7.95. The van der Waals surface area contributed by atoms with Gasteiger partial charge in [-0.2, -0.15) is 13.2 Å². The smallest absolute Gasteiger partial charge is 0.166 e. The molecule has 0 amide bonds. The Bertz CT molecular complexity index is 1030. The topological polar surface area (TPSA) is 0 Å². The van der Waals surface area contributed by atoms with Crippen LogP contribution in [0.4, 0.5) is 13.2 Å². The average Bonchev–Trinajstić information content (AvgIpc) is 2.72. The van der Waals surface area contributed by atoms with Crippen molar-refractivity contribution in [2.45, 2.75) is 44.2 Å². The molecular weight excluding hydrogens is 357 g/mol. The van der Waals surface area contributed by atoms with Crippen LogP contribution in [0.2, 0.25) is 0 Å². The van der Waals surface area contributed by atoms with Crippen LogP contribution in [0.1, 0.15) is 45.7 Å². The van der Waals surface area contributed by atoms with E-state index >= 15 is 0 Å². The molecule has 0 heterocycles. The summed E-state index contributed by atoms with van der Waals surface area (Å²) in [6.07, 6.45) is 0.813. The van der Waals surface area contributed by atoms with Crippen molar-refractivity contribution in [3.63, 3.8) is 0 Å². The minimum Gasteiger partial charge on any atom is -0.166 e. The molecule has 0 saturated heterocycles. The number of aryl methyl sites for hydroxylation is 1. The monoisotopic (exact) mass is 378 g/mol. The second kappa shape index (κ2) is 6.51. The van der Waals surface area contributed by atoms with Gasteiger partial charge in [0.1, 0.15) is 0 Å². The van der Waals surface area contributed by atoms with Crippen molar-refractivity contribution in [2.75, 3.05) is 0 Å². The fourth-order valence-electron chi connectivity index (χ4n) is 4.96. The van der Waals surface area contributed by atoms with Crippen LogP contribution >= 0.6 is 0 Å². The Kier molecular flexibility index (Phi) is 4.08. The lowest BCUT2D eigenvalue weighted by Crippen LogP contribution is -2.17. The lowest BCUT2D eigenvalue weighted by molar-refractivity contribution is -0.137. The molecule has 2 aliphatic carbocycles. The normalized spacial score (nSPS) is 18.2. The molecule has 0 fully saturated rings. The molecule has 3 aromatic carbocycles. The highest BCUT2D eigenvalue weighted by Crippen LogP contribution is 2.41. The summed E-state index contributed by atoms with van der Waals surface area (Å²) in [4.78, 5) is 0. The zero-order valence-electron chi connectivity index (χ0n) is 15.5. The van der Waals surface area contributed by atoms with Gasteiger partial charge in [-0.3, -0.25) is 0 Å². The number of hydrogen-bond acceptors (Lipinski definition) is 0. The summed E-state index contributed by atoms with van der Waals surface area (Å²) in [5.41, 5.74) is 8.94. The van der Waals surface area contributed by atoms with E-state index in [1.54, 1.807) is 12.1 Å². The molecule has 0 nitrogen and oxygen atoms in total. The maximum Gasteiger partial charge on any atom is 0.416 e. The molecule has 0 radical (unpaired) electrons. The molecule has 0 aliphatic heterocycles. The fraction of sp³-hybridized carbons (Fsp3) is 0.280. The number of benzene rings is 3. The van der Waals surface area contributed by atoms with Crippen LogP contribution in [0, 0.1) is 0 Å². The van der Waals surface area contributed by atoms with Gasteiger partial charge in [0.25, 0.3) is 0 Å². The van der Waals surface area contributed by atoms with Crippen molar-refractivity contribution in [3.05, 3.63) is 94.0 Å². The van der Waals surface area contributed by atoms with E-state index in [0.717, 1.165) is 37.7 Å². The SMILES string of the molecule is FC(F)(F)c1ccc(C2CCc3c(ccc4c3CCc3ccccc3-4)C2)cc1. The number of fused-ring (bicyclic) bond motifs is 5. The third-order valence-corrected chi connectivity index (χ3v) is 6.40. The zero-order valence-corrected chi connectivity index (χ0v) is 15.5. The van der Waals surface area contributed by atoms with Crippen LogP contribution in [0.3, 0.4) is 0 Å². The molecule has 0 aromatic heterocycles. The van der Waals surface area contributed by atoms with Gasteiger partial charge in [0.05, 0.1) is 5.56 Å². The van der Waals surface area contributed by atoms with Crippen molar-refractivity contribution in [2.24, 2.45) is 0 Å². The summed E-state index contributed by atoms with van der Waals surface area (Å²) >= 11 is 0. The molecule has 0 N–H and O–H groups in total. The van der Waals surface area contributed by atoms with E-state index in [4.69, 9.17) is 0 Å². The van der Waals surface area contributed by atoms with E-state index in [2.05, 4.69) is 36.4 Å². The zero-order chi connectivity index (χ0) is 19.3. The van der Waals surface area contributed by atoms with Gasteiger partial charge in [-0.05, 0) is 89.1 Å². The van der Waals surface area contributed by atoms with Crippen molar-refractivity contribution in [1.29, 1.82) is 0 Å². The van der Waals surface area contributed by atoms with Gasteiger partial charge in [0.15, 0.2) is 0 Å². The number of alkyl halides is 3. The summed E-state index contributed by atoms with van der Waals surface area (Å²) in [7, 11) is 0. The van der Waals surface area contributed by atoms with Gasteiger partial charge in [0, 0.05) is 0 Å². The first-order valence-corrected chi connectivity index (χ1v) is 9.90. The molecule has 28 heavy (non-hydrogen) atoms. The number of rotatable bonds is 1. The first-order valence-electron chi connectivity index (χ1n) is 9.90. The summed E-state index contributed by atoms with van der Waals surface area (Å²) in [6.45, 7) is 0. The van der Waals surface area contributed by atoms with Gasteiger partial charge in [-0.15, -0.1) is 0 Å². The van der Waals surface area contributed by atoms with E-state index < -0.39 is 11.7 Å².